The second-order valence-electron chi connectivity index (χ2n) is 4.31. The Morgan fingerprint density at radius 2 is 1.61 bits per heavy atom. The lowest BCUT2D eigenvalue weighted by Crippen LogP contribution is -2.36. The zero-order valence-corrected chi connectivity index (χ0v) is 10.2. The van der Waals surface area contributed by atoms with Crippen LogP contribution in [0.15, 0.2) is 24.3 Å². The molecule has 3 nitrogen and oxygen atoms in total. The first-order chi connectivity index (χ1) is 8.14. The number of alkyl halides is 3. The Labute approximate surface area is 102 Å². The van der Waals surface area contributed by atoms with Crippen LogP contribution in [0, 0.1) is 0 Å². The molecule has 0 aliphatic heterocycles. The van der Waals surface area contributed by atoms with Crippen molar-refractivity contribution in [1.82, 2.24) is 0 Å². The van der Waals surface area contributed by atoms with E-state index < -0.39 is 17.6 Å². The molecule has 0 radical (unpaired) electrons. The standard InChI is InChI=1S/C12H13F3O3/c1-8(16)17-18-10-6-4-9(5-7-10)11(2,3)12(13,14)15/h4-7H,1-3H3. The molecule has 6 heteroatoms. The van der Waals surface area contributed by atoms with Gasteiger partial charge in [0.1, 0.15) is 0 Å². The summed E-state index contributed by atoms with van der Waals surface area (Å²) in [5.74, 6) is -0.485. The molecule has 0 saturated carbocycles. The maximum atomic E-state index is 12.8. The third-order valence-electron chi connectivity index (χ3n) is 2.54. The van der Waals surface area contributed by atoms with Crippen molar-refractivity contribution in [2.45, 2.75) is 32.4 Å². The molecule has 0 aliphatic carbocycles. The summed E-state index contributed by atoms with van der Waals surface area (Å²) in [6, 6.07) is 5.19. The van der Waals surface area contributed by atoms with E-state index in [-0.39, 0.29) is 11.3 Å². The highest BCUT2D eigenvalue weighted by Crippen LogP contribution is 2.40. The van der Waals surface area contributed by atoms with Crippen LogP contribution < -0.4 is 4.89 Å². The van der Waals surface area contributed by atoms with Gasteiger partial charge in [-0.1, -0.05) is 12.1 Å². The maximum absolute atomic E-state index is 12.8. The van der Waals surface area contributed by atoms with Gasteiger partial charge in [0.25, 0.3) is 0 Å². The Kier molecular flexibility index (Phi) is 3.88. The molecule has 0 fully saturated rings. The van der Waals surface area contributed by atoms with Gasteiger partial charge in [-0.3, -0.25) is 9.78 Å². The predicted octanol–water partition coefficient (Wildman–Crippen LogP) is 3.38. The zero-order valence-electron chi connectivity index (χ0n) is 10.2. The summed E-state index contributed by atoms with van der Waals surface area (Å²) in [7, 11) is 0. The van der Waals surface area contributed by atoms with Crippen LogP contribution in [0.4, 0.5) is 13.2 Å². The van der Waals surface area contributed by atoms with Crippen LogP contribution in [0.3, 0.4) is 0 Å². The van der Waals surface area contributed by atoms with Crippen molar-refractivity contribution in [2.24, 2.45) is 0 Å². The van der Waals surface area contributed by atoms with Crippen molar-refractivity contribution in [1.29, 1.82) is 0 Å². The Morgan fingerprint density at radius 3 is 2.00 bits per heavy atom. The monoisotopic (exact) mass is 262 g/mol. The first-order valence-corrected chi connectivity index (χ1v) is 5.17. The quantitative estimate of drug-likeness (QED) is 0.618. The SMILES string of the molecule is CC(=O)OOc1ccc(C(C)(C)C(F)(F)F)cc1. The van der Waals surface area contributed by atoms with Crippen LogP contribution >= 0.6 is 0 Å². The number of benzene rings is 1. The molecule has 18 heavy (non-hydrogen) atoms. The van der Waals surface area contributed by atoms with Crippen molar-refractivity contribution in [2.75, 3.05) is 0 Å². The first kappa shape index (κ1) is 14.3. The molecule has 0 saturated heterocycles. The lowest BCUT2D eigenvalue weighted by atomic mass is 9.84. The maximum Gasteiger partial charge on any atom is 0.397 e. The third-order valence-corrected chi connectivity index (χ3v) is 2.54. The second kappa shape index (κ2) is 4.88. The lowest BCUT2D eigenvalue weighted by Gasteiger charge is -2.28. The van der Waals surface area contributed by atoms with Crippen LogP contribution in [-0.4, -0.2) is 12.1 Å². The highest BCUT2D eigenvalue weighted by molar-refractivity contribution is 5.65. The van der Waals surface area contributed by atoms with Gasteiger partial charge in [-0.15, -0.1) is 0 Å². The van der Waals surface area contributed by atoms with Gasteiger partial charge in [0.2, 0.25) is 0 Å². The fourth-order valence-electron chi connectivity index (χ4n) is 1.20. The molecule has 0 unspecified atom stereocenters. The van der Waals surface area contributed by atoms with Crippen LogP contribution in [0.25, 0.3) is 0 Å². The van der Waals surface area contributed by atoms with E-state index in [0.717, 1.165) is 20.8 Å². The van der Waals surface area contributed by atoms with E-state index in [1.807, 2.05) is 0 Å². The fourth-order valence-corrected chi connectivity index (χ4v) is 1.20. The smallest absolute Gasteiger partial charge is 0.287 e. The molecule has 1 rings (SSSR count). The highest BCUT2D eigenvalue weighted by atomic mass is 19.4. The summed E-state index contributed by atoms with van der Waals surface area (Å²) in [5.41, 5.74) is -1.85. The van der Waals surface area contributed by atoms with Gasteiger partial charge < -0.3 is 0 Å². The van der Waals surface area contributed by atoms with Gasteiger partial charge in [0, 0.05) is 6.92 Å². The summed E-state index contributed by atoms with van der Waals surface area (Å²) < 4.78 is 38.3. The minimum absolute atomic E-state index is 0.102. The zero-order chi connectivity index (χ0) is 14.0. The minimum Gasteiger partial charge on any atom is -0.287 e. The van der Waals surface area contributed by atoms with E-state index in [2.05, 4.69) is 9.78 Å². The van der Waals surface area contributed by atoms with E-state index in [4.69, 9.17) is 0 Å². The molecule has 0 atom stereocenters. The summed E-state index contributed by atoms with van der Waals surface area (Å²) in [5, 5.41) is 0. The van der Waals surface area contributed by atoms with Crippen molar-refractivity contribution in [3.8, 4) is 5.75 Å². The molecule has 0 aromatic heterocycles. The topological polar surface area (TPSA) is 35.5 Å². The number of halogens is 3. The minimum atomic E-state index is -4.34. The van der Waals surface area contributed by atoms with Gasteiger partial charge in [-0.25, -0.2) is 4.79 Å². The highest BCUT2D eigenvalue weighted by Gasteiger charge is 2.48. The molecule has 0 spiro atoms. The molecule has 0 bridgehead atoms. The van der Waals surface area contributed by atoms with Gasteiger partial charge >= 0.3 is 12.1 Å². The fraction of sp³-hybridized carbons (Fsp3) is 0.417. The molecule has 1 aromatic carbocycles. The van der Waals surface area contributed by atoms with E-state index >= 15 is 0 Å². The summed E-state index contributed by atoms with van der Waals surface area (Å²) >= 11 is 0. The summed E-state index contributed by atoms with van der Waals surface area (Å²) in [6.07, 6.45) is -4.34. The van der Waals surface area contributed by atoms with Gasteiger partial charge in [-0.05, 0) is 31.5 Å². The molecule has 0 aliphatic rings. The molecule has 1 aromatic rings. The average Bonchev–Trinajstić information content (AvgIpc) is 2.25. The van der Waals surface area contributed by atoms with Gasteiger partial charge in [0.15, 0.2) is 5.75 Å². The Morgan fingerprint density at radius 1 is 1.11 bits per heavy atom. The van der Waals surface area contributed by atoms with Crippen molar-refractivity contribution in [3.05, 3.63) is 29.8 Å². The summed E-state index contributed by atoms with van der Waals surface area (Å²) in [6.45, 7) is 3.34. The molecular weight excluding hydrogens is 249 g/mol. The van der Waals surface area contributed by atoms with Crippen molar-refractivity contribution in [3.63, 3.8) is 0 Å². The Hall–Kier alpha value is -1.72. The van der Waals surface area contributed by atoms with E-state index in [0.29, 0.717) is 0 Å². The summed E-state index contributed by atoms with van der Waals surface area (Å²) in [4.78, 5) is 19.3. The van der Waals surface area contributed by atoms with Crippen LogP contribution in [-0.2, 0) is 15.1 Å². The third kappa shape index (κ3) is 3.15. The molecule has 0 N–H and O–H groups in total. The largest absolute Gasteiger partial charge is 0.397 e. The molecule has 0 heterocycles. The van der Waals surface area contributed by atoms with Crippen LogP contribution in [0.2, 0.25) is 0 Å². The average molecular weight is 262 g/mol. The van der Waals surface area contributed by atoms with E-state index in [9.17, 15) is 18.0 Å². The number of hydrogen-bond acceptors (Lipinski definition) is 3. The van der Waals surface area contributed by atoms with E-state index in [1.54, 1.807) is 0 Å². The number of carbonyl (C=O) groups excluding carboxylic acids is 1. The molecule has 0 amide bonds. The normalized spacial score (nSPS) is 12.1. The molecular formula is C12H13F3O3. The second-order valence-corrected chi connectivity index (χ2v) is 4.31. The lowest BCUT2D eigenvalue weighted by molar-refractivity contribution is -0.210. The van der Waals surface area contributed by atoms with Gasteiger partial charge in [0.05, 0.1) is 5.41 Å². The Bertz CT molecular complexity index is 421. The number of carbonyl (C=O) groups is 1. The van der Waals surface area contributed by atoms with E-state index in [1.165, 1.54) is 24.3 Å². The predicted molar refractivity (Wildman–Crippen MR) is 57.9 cm³/mol. The Balaban J connectivity index is 2.86. The van der Waals surface area contributed by atoms with Crippen molar-refractivity contribution >= 4 is 5.97 Å². The van der Waals surface area contributed by atoms with Gasteiger partial charge in [-0.2, -0.15) is 13.2 Å². The first-order valence-electron chi connectivity index (χ1n) is 5.17. The molecule has 100 valence electrons. The van der Waals surface area contributed by atoms with Crippen molar-refractivity contribution < 1.29 is 27.7 Å². The van der Waals surface area contributed by atoms with Crippen LogP contribution in [0.5, 0.6) is 5.75 Å². The number of rotatable bonds is 3. The number of hydrogen-bond donors (Lipinski definition) is 0. The van der Waals surface area contributed by atoms with Crippen LogP contribution in [0.1, 0.15) is 26.3 Å².